The van der Waals surface area contributed by atoms with Crippen LogP contribution in [0.25, 0.3) is 0 Å². The zero-order valence-corrected chi connectivity index (χ0v) is 16.7. The lowest BCUT2D eigenvalue weighted by Crippen LogP contribution is -2.46. The second-order valence-corrected chi connectivity index (χ2v) is 6.72. The van der Waals surface area contributed by atoms with Crippen LogP contribution in [0.3, 0.4) is 0 Å². The average Bonchev–Trinajstić information content (AvgIpc) is 2.67. The molecule has 1 aromatic heterocycles. The number of anilines is 1. The number of nitrogens with zero attached hydrogens (tertiary/aromatic N) is 3. The molecule has 1 aliphatic rings. The SMILES string of the molecule is COc1ccc(NC(=O)N2CCCC(Oc3cc(C)nc(C)n3)C2)c(OC)c1. The standard InChI is InChI=1S/C20H26N4O4/c1-13-10-19(22-14(2)21-13)28-16-6-5-9-24(12-16)20(25)23-17-8-7-15(26-3)11-18(17)27-4/h7-8,10-11,16H,5-6,9,12H2,1-4H3,(H,23,25). The molecule has 1 fully saturated rings. The summed E-state index contributed by atoms with van der Waals surface area (Å²) in [6, 6.07) is 6.90. The molecule has 3 rings (SSSR count). The summed E-state index contributed by atoms with van der Waals surface area (Å²) >= 11 is 0. The molecule has 0 radical (unpaired) electrons. The maximum absolute atomic E-state index is 12.7. The lowest BCUT2D eigenvalue weighted by Gasteiger charge is -2.32. The van der Waals surface area contributed by atoms with Crippen LogP contribution in [0.1, 0.15) is 24.4 Å². The van der Waals surface area contributed by atoms with E-state index in [-0.39, 0.29) is 12.1 Å². The summed E-state index contributed by atoms with van der Waals surface area (Å²) in [6.07, 6.45) is 1.63. The lowest BCUT2D eigenvalue weighted by atomic mass is 10.1. The van der Waals surface area contributed by atoms with E-state index in [1.54, 1.807) is 37.3 Å². The highest BCUT2D eigenvalue weighted by molar-refractivity contribution is 5.91. The third kappa shape index (κ3) is 4.82. The van der Waals surface area contributed by atoms with E-state index in [4.69, 9.17) is 14.2 Å². The van der Waals surface area contributed by atoms with Gasteiger partial charge in [0, 0.05) is 24.4 Å². The monoisotopic (exact) mass is 386 g/mol. The molecule has 1 saturated heterocycles. The van der Waals surface area contributed by atoms with Crippen LogP contribution in [-0.4, -0.2) is 54.3 Å². The van der Waals surface area contributed by atoms with Crippen molar-refractivity contribution < 1.29 is 19.0 Å². The first kappa shape index (κ1) is 19.7. The van der Waals surface area contributed by atoms with E-state index in [1.165, 1.54) is 0 Å². The molecule has 1 unspecified atom stereocenters. The Kier molecular flexibility index (Phi) is 6.18. The third-order valence-corrected chi connectivity index (χ3v) is 4.55. The van der Waals surface area contributed by atoms with Crippen LogP contribution in [0.5, 0.6) is 17.4 Å². The van der Waals surface area contributed by atoms with E-state index in [2.05, 4.69) is 15.3 Å². The zero-order valence-electron chi connectivity index (χ0n) is 16.7. The van der Waals surface area contributed by atoms with Crippen molar-refractivity contribution >= 4 is 11.7 Å². The van der Waals surface area contributed by atoms with Gasteiger partial charge in [0.2, 0.25) is 5.88 Å². The quantitative estimate of drug-likeness (QED) is 0.849. The summed E-state index contributed by atoms with van der Waals surface area (Å²) in [4.78, 5) is 23.1. The number of likely N-dealkylation sites (tertiary alicyclic amines) is 1. The van der Waals surface area contributed by atoms with E-state index >= 15 is 0 Å². The van der Waals surface area contributed by atoms with Crippen molar-refractivity contribution in [2.24, 2.45) is 0 Å². The number of methoxy groups -OCH3 is 2. The molecule has 2 aromatic rings. The van der Waals surface area contributed by atoms with Gasteiger partial charge in [-0.2, -0.15) is 4.98 Å². The fourth-order valence-corrected chi connectivity index (χ4v) is 3.23. The molecule has 0 saturated carbocycles. The van der Waals surface area contributed by atoms with Gasteiger partial charge in [-0.25, -0.2) is 9.78 Å². The number of nitrogens with one attached hydrogen (secondary N) is 1. The molecule has 0 spiro atoms. The highest BCUT2D eigenvalue weighted by Crippen LogP contribution is 2.29. The third-order valence-electron chi connectivity index (χ3n) is 4.55. The highest BCUT2D eigenvalue weighted by Gasteiger charge is 2.26. The summed E-state index contributed by atoms with van der Waals surface area (Å²) < 4.78 is 16.5. The van der Waals surface area contributed by atoms with Crippen LogP contribution in [0.15, 0.2) is 24.3 Å². The lowest BCUT2D eigenvalue weighted by molar-refractivity contribution is 0.102. The summed E-state index contributed by atoms with van der Waals surface area (Å²) in [5, 5.41) is 2.91. The number of aryl methyl sites for hydroxylation is 2. The molecule has 8 heteroatoms. The summed E-state index contributed by atoms with van der Waals surface area (Å²) in [7, 11) is 3.14. The Balaban J connectivity index is 1.64. The van der Waals surface area contributed by atoms with Crippen LogP contribution in [-0.2, 0) is 0 Å². The van der Waals surface area contributed by atoms with E-state index in [0.29, 0.717) is 42.0 Å². The maximum atomic E-state index is 12.7. The number of aromatic nitrogens is 2. The minimum absolute atomic E-state index is 0.106. The van der Waals surface area contributed by atoms with Gasteiger partial charge in [0.05, 0.1) is 26.5 Å². The molecule has 2 heterocycles. The highest BCUT2D eigenvalue weighted by atomic mass is 16.5. The number of piperidine rings is 1. The van der Waals surface area contributed by atoms with Crippen LogP contribution < -0.4 is 19.5 Å². The molecule has 1 N–H and O–H groups in total. The smallest absolute Gasteiger partial charge is 0.322 e. The number of carbonyl (C=O) groups excluding carboxylic acids is 1. The van der Waals surface area contributed by atoms with Crippen molar-refractivity contribution in [1.82, 2.24) is 14.9 Å². The van der Waals surface area contributed by atoms with Gasteiger partial charge in [0.15, 0.2) is 0 Å². The molecular weight excluding hydrogens is 360 g/mol. The van der Waals surface area contributed by atoms with Crippen molar-refractivity contribution in [3.8, 4) is 17.4 Å². The first-order chi connectivity index (χ1) is 13.5. The van der Waals surface area contributed by atoms with E-state index in [1.807, 2.05) is 19.9 Å². The number of carbonyl (C=O) groups is 1. The van der Waals surface area contributed by atoms with Crippen molar-refractivity contribution in [3.05, 3.63) is 35.8 Å². The van der Waals surface area contributed by atoms with Crippen molar-refractivity contribution in [2.75, 3.05) is 32.6 Å². The number of hydrogen-bond donors (Lipinski definition) is 1. The number of hydrogen-bond acceptors (Lipinski definition) is 6. The molecule has 1 aromatic carbocycles. The summed E-state index contributed by atoms with van der Waals surface area (Å²) in [5.74, 6) is 2.43. The molecule has 2 amide bonds. The average molecular weight is 386 g/mol. The molecule has 0 bridgehead atoms. The molecule has 1 aliphatic heterocycles. The predicted molar refractivity (Wildman–Crippen MR) is 105 cm³/mol. The van der Waals surface area contributed by atoms with Crippen molar-refractivity contribution in [3.63, 3.8) is 0 Å². The van der Waals surface area contributed by atoms with Crippen LogP contribution >= 0.6 is 0 Å². The number of urea groups is 1. The second kappa shape index (κ2) is 8.77. The Hall–Kier alpha value is -3.03. The van der Waals surface area contributed by atoms with Gasteiger partial charge in [-0.1, -0.05) is 0 Å². The molecule has 0 aliphatic carbocycles. The molecular formula is C20H26N4O4. The topological polar surface area (TPSA) is 85.8 Å². The normalized spacial score (nSPS) is 16.4. The maximum Gasteiger partial charge on any atom is 0.322 e. The Morgan fingerprint density at radius 3 is 2.71 bits per heavy atom. The van der Waals surface area contributed by atoms with Gasteiger partial charge in [0.1, 0.15) is 23.4 Å². The fourth-order valence-electron chi connectivity index (χ4n) is 3.23. The number of ether oxygens (including phenoxy) is 3. The Morgan fingerprint density at radius 2 is 2.00 bits per heavy atom. The first-order valence-corrected chi connectivity index (χ1v) is 9.25. The van der Waals surface area contributed by atoms with E-state index < -0.39 is 0 Å². The van der Waals surface area contributed by atoms with Gasteiger partial charge in [-0.3, -0.25) is 0 Å². The van der Waals surface area contributed by atoms with Crippen LogP contribution in [0.4, 0.5) is 10.5 Å². The number of benzene rings is 1. The first-order valence-electron chi connectivity index (χ1n) is 9.25. The fraction of sp³-hybridized carbons (Fsp3) is 0.450. The summed E-state index contributed by atoms with van der Waals surface area (Å²) in [6.45, 7) is 4.91. The Morgan fingerprint density at radius 1 is 1.18 bits per heavy atom. The van der Waals surface area contributed by atoms with E-state index in [9.17, 15) is 4.79 Å². The largest absolute Gasteiger partial charge is 0.497 e. The van der Waals surface area contributed by atoms with E-state index in [0.717, 1.165) is 18.5 Å². The van der Waals surface area contributed by atoms with Gasteiger partial charge in [0.25, 0.3) is 0 Å². The Labute approximate surface area is 164 Å². The van der Waals surface area contributed by atoms with Crippen LogP contribution in [0.2, 0.25) is 0 Å². The van der Waals surface area contributed by atoms with Crippen molar-refractivity contribution in [1.29, 1.82) is 0 Å². The Bertz CT molecular complexity index is 823. The number of amides is 2. The van der Waals surface area contributed by atoms with Crippen LogP contribution in [0, 0.1) is 13.8 Å². The molecule has 150 valence electrons. The van der Waals surface area contributed by atoms with Gasteiger partial charge in [-0.05, 0) is 38.8 Å². The minimum atomic E-state index is -0.188. The second-order valence-electron chi connectivity index (χ2n) is 6.72. The zero-order chi connectivity index (χ0) is 20.1. The van der Waals surface area contributed by atoms with Gasteiger partial charge in [-0.15, -0.1) is 0 Å². The summed E-state index contributed by atoms with van der Waals surface area (Å²) in [5.41, 5.74) is 1.46. The predicted octanol–water partition coefficient (Wildman–Crippen LogP) is 3.19. The molecule has 1 atom stereocenters. The molecule has 8 nitrogen and oxygen atoms in total. The van der Waals surface area contributed by atoms with Gasteiger partial charge >= 0.3 is 6.03 Å². The number of rotatable bonds is 5. The minimum Gasteiger partial charge on any atom is -0.497 e. The van der Waals surface area contributed by atoms with Crippen molar-refractivity contribution in [2.45, 2.75) is 32.8 Å². The molecule has 28 heavy (non-hydrogen) atoms. The van der Waals surface area contributed by atoms with Gasteiger partial charge < -0.3 is 24.4 Å².